The summed E-state index contributed by atoms with van der Waals surface area (Å²) < 4.78 is 27.3. The van der Waals surface area contributed by atoms with Gasteiger partial charge < -0.3 is 0 Å². The number of aromatic nitrogens is 2. The zero-order valence-corrected chi connectivity index (χ0v) is 12.6. The van der Waals surface area contributed by atoms with Crippen LogP contribution < -0.4 is 4.72 Å². The van der Waals surface area contributed by atoms with Crippen molar-refractivity contribution in [2.24, 2.45) is 5.92 Å². The maximum Gasteiger partial charge on any atom is 0.245 e. The predicted octanol–water partition coefficient (Wildman–Crippen LogP) is 1.86. The van der Waals surface area contributed by atoms with E-state index in [1.165, 1.54) is 6.20 Å². The Kier molecular flexibility index (Phi) is 4.16. The fraction of sp³-hybridized carbons (Fsp3) is 0.692. The minimum Gasteiger partial charge on any atom is -0.281 e. The summed E-state index contributed by atoms with van der Waals surface area (Å²) in [5.74, 6) is 0.594. The van der Waals surface area contributed by atoms with Gasteiger partial charge in [-0.1, -0.05) is 13.3 Å². The molecule has 0 aliphatic heterocycles. The minimum atomic E-state index is -3.71. The van der Waals surface area contributed by atoms with Gasteiger partial charge >= 0.3 is 0 Å². The molecule has 20 heavy (non-hydrogen) atoms. The average molecular weight is 296 g/mol. The molecule has 110 valence electrons. The van der Waals surface area contributed by atoms with Gasteiger partial charge in [0.25, 0.3) is 0 Å². The second-order valence-corrected chi connectivity index (χ2v) is 7.16. The lowest BCUT2D eigenvalue weighted by Gasteiger charge is -2.34. The molecule has 0 aromatic carbocycles. The predicted molar refractivity (Wildman–Crippen MR) is 74.2 cm³/mol. The zero-order chi connectivity index (χ0) is 14.8. The highest BCUT2D eigenvalue weighted by molar-refractivity contribution is 7.89. The molecule has 1 fully saturated rings. The van der Waals surface area contributed by atoms with Crippen LogP contribution in [0, 0.1) is 24.2 Å². The van der Waals surface area contributed by atoms with Gasteiger partial charge in [-0.05, 0) is 38.5 Å². The fourth-order valence-electron chi connectivity index (χ4n) is 2.74. The number of hydrogen-bond acceptors (Lipinski definition) is 4. The molecule has 0 radical (unpaired) electrons. The first-order valence-corrected chi connectivity index (χ1v) is 8.36. The Labute approximate surface area is 119 Å². The summed E-state index contributed by atoms with van der Waals surface area (Å²) in [5, 5.41) is 15.8. The van der Waals surface area contributed by atoms with Crippen molar-refractivity contribution in [2.75, 3.05) is 0 Å². The van der Waals surface area contributed by atoms with Gasteiger partial charge in [0.05, 0.1) is 18.0 Å². The van der Waals surface area contributed by atoms with Crippen LogP contribution in [0.25, 0.3) is 0 Å². The molecule has 6 nitrogen and oxygen atoms in total. The first-order chi connectivity index (χ1) is 9.42. The monoisotopic (exact) mass is 296 g/mol. The van der Waals surface area contributed by atoms with Crippen molar-refractivity contribution in [1.29, 1.82) is 5.26 Å². The van der Waals surface area contributed by atoms with E-state index in [1.807, 2.05) is 0 Å². The lowest BCUT2D eigenvalue weighted by molar-refractivity contribution is 0.259. The molecular formula is C13H20N4O2S. The number of aryl methyl sites for hydroxylation is 1. The summed E-state index contributed by atoms with van der Waals surface area (Å²) >= 11 is 0. The van der Waals surface area contributed by atoms with E-state index in [2.05, 4.69) is 27.9 Å². The van der Waals surface area contributed by atoms with Gasteiger partial charge in [0.1, 0.15) is 10.4 Å². The molecule has 7 heteroatoms. The topological polar surface area (TPSA) is 98.6 Å². The largest absolute Gasteiger partial charge is 0.281 e. The van der Waals surface area contributed by atoms with Gasteiger partial charge in [-0.25, -0.2) is 8.42 Å². The van der Waals surface area contributed by atoms with Gasteiger partial charge in [-0.2, -0.15) is 15.1 Å². The lowest BCUT2D eigenvalue weighted by Crippen LogP contribution is -2.49. The van der Waals surface area contributed by atoms with E-state index in [-0.39, 0.29) is 4.90 Å². The quantitative estimate of drug-likeness (QED) is 0.885. The van der Waals surface area contributed by atoms with Crippen molar-refractivity contribution < 1.29 is 8.42 Å². The molecule has 1 saturated carbocycles. The maximum atomic E-state index is 12.4. The Morgan fingerprint density at radius 3 is 2.65 bits per heavy atom. The Morgan fingerprint density at radius 1 is 1.55 bits per heavy atom. The number of rotatable bonds is 4. The first-order valence-electron chi connectivity index (χ1n) is 6.87. The summed E-state index contributed by atoms with van der Waals surface area (Å²) in [6, 6.07) is 2.18. The first kappa shape index (κ1) is 15.0. The Hall–Kier alpha value is -1.39. The molecule has 1 aromatic heterocycles. The second kappa shape index (κ2) is 5.54. The van der Waals surface area contributed by atoms with Crippen molar-refractivity contribution in [2.45, 2.75) is 56.4 Å². The highest BCUT2D eigenvalue weighted by Crippen LogP contribution is 2.34. The smallest absolute Gasteiger partial charge is 0.245 e. The van der Waals surface area contributed by atoms with Gasteiger partial charge in [0.15, 0.2) is 0 Å². The number of aromatic amines is 1. The summed E-state index contributed by atoms with van der Waals surface area (Å²) in [6.07, 6.45) is 5.26. The number of nitrogens with one attached hydrogen (secondary N) is 2. The van der Waals surface area contributed by atoms with Crippen LogP contribution in [-0.2, 0) is 10.0 Å². The van der Waals surface area contributed by atoms with Crippen molar-refractivity contribution in [3.63, 3.8) is 0 Å². The summed E-state index contributed by atoms with van der Waals surface area (Å²) in [7, 11) is -3.71. The highest BCUT2D eigenvalue weighted by atomic mass is 32.2. The van der Waals surface area contributed by atoms with E-state index >= 15 is 0 Å². The maximum absolute atomic E-state index is 12.4. The van der Waals surface area contributed by atoms with Crippen molar-refractivity contribution >= 4 is 10.0 Å². The average Bonchev–Trinajstić information content (AvgIpc) is 2.86. The third-order valence-electron chi connectivity index (χ3n) is 4.15. The van der Waals surface area contributed by atoms with Crippen LogP contribution in [0.2, 0.25) is 0 Å². The standard InChI is InChI=1S/C13H20N4O2S/c1-3-11-4-6-13(9-14,7-5-11)17-20(18,19)12-8-15-16-10(12)2/h8,11,17H,3-7H2,1-2H3,(H,15,16). The lowest BCUT2D eigenvalue weighted by atomic mass is 9.77. The normalized spacial score (nSPS) is 27.1. The van der Waals surface area contributed by atoms with Gasteiger partial charge in [0.2, 0.25) is 10.0 Å². The summed E-state index contributed by atoms with van der Waals surface area (Å²) in [4.78, 5) is 0.115. The number of H-pyrrole nitrogens is 1. The van der Waals surface area contributed by atoms with E-state index in [0.717, 1.165) is 19.3 Å². The van der Waals surface area contributed by atoms with Crippen LogP contribution in [0.1, 0.15) is 44.7 Å². The van der Waals surface area contributed by atoms with Crippen LogP contribution in [0.4, 0.5) is 0 Å². The third kappa shape index (κ3) is 2.86. The van der Waals surface area contributed by atoms with Crippen molar-refractivity contribution in [3.8, 4) is 6.07 Å². The minimum absolute atomic E-state index is 0.115. The molecule has 0 amide bonds. The van der Waals surface area contributed by atoms with Gasteiger partial charge in [0, 0.05) is 0 Å². The molecule has 0 saturated heterocycles. The Balaban J connectivity index is 2.20. The van der Waals surface area contributed by atoms with Gasteiger partial charge in [-0.3, -0.25) is 5.10 Å². The van der Waals surface area contributed by atoms with Crippen LogP contribution in [-0.4, -0.2) is 24.2 Å². The molecule has 2 N–H and O–H groups in total. The molecule has 0 spiro atoms. The van der Waals surface area contributed by atoms with Crippen LogP contribution in [0.3, 0.4) is 0 Å². The zero-order valence-electron chi connectivity index (χ0n) is 11.8. The number of hydrogen-bond donors (Lipinski definition) is 2. The molecule has 1 heterocycles. The summed E-state index contributed by atoms with van der Waals surface area (Å²) in [6.45, 7) is 3.78. The number of sulfonamides is 1. The molecule has 2 rings (SSSR count). The molecule has 1 aromatic rings. The molecule has 0 unspecified atom stereocenters. The molecule has 1 aliphatic carbocycles. The molecule has 0 bridgehead atoms. The number of nitriles is 1. The van der Waals surface area contributed by atoms with E-state index < -0.39 is 15.6 Å². The Bertz CT molecular complexity index is 607. The van der Waals surface area contributed by atoms with Crippen LogP contribution >= 0.6 is 0 Å². The van der Waals surface area contributed by atoms with Crippen LogP contribution in [0.15, 0.2) is 11.1 Å². The van der Waals surface area contributed by atoms with Crippen molar-refractivity contribution in [1.82, 2.24) is 14.9 Å². The fourth-order valence-corrected chi connectivity index (χ4v) is 4.25. The SMILES string of the molecule is CCC1CCC(C#N)(NS(=O)(=O)c2cn[nH]c2C)CC1. The van der Waals surface area contributed by atoms with E-state index in [4.69, 9.17) is 0 Å². The summed E-state index contributed by atoms with van der Waals surface area (Å²) in [5.41, 5.74) is -0.498. The third-order valence-corrected chi connectivity index (χ3v) is 5.80. The highest BCUT2D eigenvalue weighted by Gasteiger charge is 2.39. The van der Waals surface area contributed by atoms with Crippen molar-refractivity contribution in [3.05, 3.63) is 11.9 Å². The molecular weight excluding hydrogens is 276 g/mol. The van der Waals surface area contributed by atoms with Crippen LogP contribution in [0.5, 0.6) is 0 Å². The Morgan fingerprint density at radius 2 is 2.20 bits per heavy atom. The molecule has 1 aliphatic rings. The van der Waals surface area contributed by atoms with Gasteiger partial charge in [-0.15, -0.1) is 0 Å². The number of nitrogens with zero attached hydrogens (tertiary/aromatic N) is 2. The van der Waals surface area contributed by atoms with E-state index in [9.17, 15) is 13.7 Å². The van der Waals surface area contributed by atoms with E-state index in [0.29, 0.717) is 24.5 Å². The second-order valence-electron chi connectivity index (χ2n) is 5.51. The molecule has 0 atom stereocenters. The van der Waals surface area contributed by atoms with E-state index in [1.54, 1.807) is 6.92 Å².